The van der Waals surface area contributed by atoms with E-state index in [1.807, 2.05) is 47.6 Å². The van der Waals surface area contributed by atoms with Gasteiger partial charge < -0.3 is 4.74 Å². The SMILES string of the molecule is CCCC(COc1cc(-c2ccccc2)cc(-c2ccccc2)n1)N1NC=NN1. The van der Waals surface area contributed by atoms with Crippen LogP contribution < -0.4 is 15.7 Å². The first-order chi connectivity index (χ1) is 14.3. The quantitative estimate of drug-likeness (QED) is 0.606. The van der Waals surface area contributed by atoms with Crippen molar-refractivity contribution in [3.63, 3.8) is 0 Å². The minimum absolute atomic E-state index is 0.129. The number of ether oxygens (including phenoxy) is 1. The number of benzene rings is 2. The molecule has 1 atom stereocenters. The predicted molar refractivity (Wildman–Crippen MR) is 116 cm³/mol. The molecule has 0 saturated heterocycles. The van der Waals surface area contributed by atoms with Crippen LogP contribution in [0.2, 0.25) is 0 Å². The molecule has 0 amide bonds. The van der Waals surface area contributed by atoms with Crippen molar-refractivity contribution in [3.05, 3.63) is 72.8 Å². The van der Waals surface area contributed by atoms with Crippen LogP contribution in [-0.4, -0.2) is 29.1 Å². The van der Waals surface area contributed by atoms with E-state index < -0.39 is 0 Å². The van der Waals surface area contributed by atoms with Gasteiger partial charge >= 0.3 is 0 Å². The molecule has 0 spiro atoms. The molecule has 0 bridgehead atoms. The minimum atomic E-state index is 0.129. The summed E-state index contributed by atoms with van der Waals surface area (Å²) in [5, 5.41) is 5.86. The summed E-state index contributed by atoms with van der Waals surface area (Å²) in [4.78, 5) is 4.78. The average molecular weight is 387 g/mol. The summed E-state index contributed by atoms with van der Waals surface area (Å²) in [7, 11) is 0. The van der Waals surface area contributed by atoms with Gasteiger partial charge in [-0.25, -0.2) is 10.5 Å². The topological polar surface area (TPSA) is 61.8 Å². The van der Waals surface area contributed by atoms with Crippen molar-refractivity contribution in [2.24, 2.45) is 5.10 Å². The minimum Gasteiger partial charge on any atom is -0.476 e. The molecule has 4 rings (SSSR count). The molecular formula is C23H25N5O. The van der Waals surface area contributed by atoms with Crippen molar-refractivity contribution >= 4 is 6.34 Å². The number of rotatable bonds is 8. The average Bonchev–Trinajstić information content (AvgIpc) is 3.32. The Labute approximate surface area is 171 Å². The molecular weight excluding hydrogens is 362 g/mol. The van der Waals surface area contributed by atoms with Crippen LogP contribution in [0.3, 0.4) is 0 Å². The lowest BCUT2D eigenvalue weighted by molar-refractivity contribution is 0.0664. The summed E-state index contributed by atoms with van der Waals surface area (Å²) >= 11 is 0. The fourth-order valence-electron chi connectivity index (χ4n) is 3.33. The van der Waals surface area contributed by atoms with E-state index >= 15 is 0 Å². The second kappa shape index (κ2) is 9.21. The smallest absolute Gasteiger partial charge is 0.214 e. The lowest BCUT2D eigenvalue weighted by Crippen LogP contribution is -2.49. The number of aromatic nitrogens is 1. The number of hydrogen-bond donors (Lipinski definition) is 2. The van der Waals surface area contributed by atoms with Gasteiger partial charge in [0.25, 0.3) is 0 Å². The highest BCUT2D eigenvalue weighted by molar-refractivity contribution is 5.71. The van der Waals surface area contributed by atoms with Crippen molar-refractivity contribution in [2.45, 2.75) is 25.8 Å². The van der Waals surface area contributed by atoms with Gasteiger partial charge in [-0.1, -0.05) is 74.0 Å². The van der Waals surface area contributed by atoms with Gasteiger partial charge in [0.05, 0.1) is 11.7 Å². The van der Waals surface area contributed by atoms with E-state index in [9.17, 15) is 0 Å². The van der Waals surface area contributed by atoms with E-state index in [2.05, 4.69) is 53.3 Å². The fraction of sp³-hybridized carbons (Fsp3) is 0.217. The third kappa shape index (κ3) is 4.73. The van der Waals surface area contributed by atoms with E-state index in [1.54, 1.807) is 6.34 Å². The van der Waals surface area contributed by atoms with Crippen molar-refractivity contribution in [3.8, 4) is 28.3 Å². The van der Waals surface area contributed by atoms with Gasteiger partial charge in [0.1, 0.15) is 12.9 Å². The lowest BCUT2D eigenvalue weighted by Gasteiger charge is -2.25. The van der Waals surface area contributed by atoms with Crippen LogP contribution in [0.1, 0.15) is 19.8 Å². The molecule has 2 aromatic carbocycles. The molecule has 148 valence electrons. The van der Waals surface area contributed by atoms with E-state index in [-0.39, 0.29) is 6.04 Å². The monoisotopic (exact) mass is 387 g/mol. The van der Waals surface area contributed by atoms with Gasteiger partial charge in [0.15, 0.2) is 0 Å². The molecule has 2 heterocycles. The molecule has 6 heteroatoms. The Morgan fingerprint density at radius 2 is 1.66 bits per heavy atom. The zero-order valence-electron chi connectivity index (χ0n) is 16.5. The maximum Gasteiger partial charge on any atom is 0.214 e. The van der Waals surface area contributed by atoms with E-state index in [0.29, 0.717) is 12.5 Å². The zero-order chi connectivity index (χ0) is 19.9. The van der Waals surface area contributed by atoms with Crippen molar-refractivity contribution in [2.75, 3.05) is 6.61 Å². The van der Waals surface area contributed by atoms with Crippen LogP contribution in [0, 0.1) is 0 Å². The summed E-state index contributed by atoms with van der Waals surface area (Å²) in [6.07, 6.45) is 3.64. The van der Waals surface area contributed by atoms with Crippen molar-refractivity contribution in [1.82, 2.24) is 21.1 Å². The van der Waals surface area contributed by atoms with E-state index in [1.165, 1.54) is 0 Å². The Kier molecular flexibility index (Phi) is 6.02. The second-order valence-electron chi connectivity index (χ2n) is 6.92. The number of nitrogens with zero attached hydrogens (tertiary/aromatic N) is 3. The summed E-state index contributed by atoms with van der Waals surface area (Å²) in [5.74, 6) is 0.617. The van der Waals surface area contributed by atoms with Crippen LogP contribution >= 0.6 is 0 Å². The molecule has 1 unspecified atom stereocenters. The van der Waals surface area contributed by atoms with Crippen molar-refractivity contribution < 1.29 is 4.74 Å². The highest BCUT2D eigenvalue weighted by Crippen LogP contribution is 2.28. The molecule has 1 aliphatic heterocycles. The molecule has 1 aromatic heterocycles. The predicted octanol–water partition coefficient (Wildman–Crippen LogP) is 4.23. The Morgan fingerprint density at radius 3 is 2.31 bits per heavy atom. The Bertz CT molecular complexity index is 880. The highest BCUT2D eigenvalue weighted by atomic mass is 16.5. The molecule has 0 fully saturated rings. The normalized spacial score (nSPS) is 14.2. The summed E-state index contributed by atoms with van der Waals surface area (Å²) in [5.41, 5.74) is 10.2. The van der Waals surface area contributed by atoms with Crippen LogP contribution in [0.15, 0.2) is 77.9 Å². The van der Waals surface area contributed by atoms with Gasteiger partial charge in [-0.2, -0.15) is 5.10 Å². The number of hydrogen-bond acceptors (Lipinski definition) is 6. The molecule has 6 nitrogen and oxygen atoms in total. The first kappa shape index (κ1) is 19.0. The number of hydrazine groups is 2. The van der Waals surface area contributed by atoms with Crippen LogP contribution in [0.4, 0.5) is 0 Å². The largest absolute Gasteiger partial charge is 0.476 e. The first-order valence-electron chi connectivity index (χ1n) is 9.92. The fourth-order valence-corrected chi connectivity index (χ4v) is 3.33. The summed E-state index contributed by atoms with van der Waals surface area (Å²) in [6.45, 7) is 2.66. The van der Waals surface area contributed by atoms with E-state index in [4.69, 9.17) is 9.72 Å². The van der Waals surface area contributed by atoms with Crippen LogP contribution in [0.25, 0.3) is 22.4 Å². The van der Waals surface area contributed by atoms with Crippen LogP contribution in [0.5, 0.6) is 5.88 Å². The molecule has 0 radical (unpaired) electrons. The van der Waals surface area contributed by atoms with Gasteiger partial charge in [-0.3, -0.25) is 5.43 Å². The Hall–Kier alpha value is -3.38. The maximum atomic E-state index is 6.17. The number of pyridine rings is 1. The summed E-state index contributed by atoms with van der Waals surface area (Å²) < 4.78 is 6.17. The number of hydrazone groups is 1. The van der Waals surface area contributed by atoms with Gasteiger partial charge in [0, 0.05) is 11.6 Å². The summed E-state index contributed by atoms with van der Waals surface area (Å²) in [6, 6.07) is 24.7. The highest BCUT2D eigenvalue weighted by Gasteiger charge is 2.20. The zero-order valence-corrected chi connectivity index (χ0v) is 16.5. The van der Waals surface area contributed by atoms with Crippen LogP contribution in [-0.2, 0) is 0 Å². The Balaban J connectivity index is 1.61. The molecule has 0 saturated carbocycles. The second-order valence-corrected chi connectivity index (χ2v) is 6.92. The lowest BCUT2D eigenvalue weighted by atomic mass is 10.0. The molecule has 2 N–H and O–H groups in total. The third-order valence-electron chi connectivity index (χ3n) is 4.82. The first-order valence-corrected chi connectivity index (χ1v) is 9.92. The third-order valence-corrected chi connectivity index (χ3v) is 4.82. The Morgan fingerprint density at radius 1 is 0.931 bits per heavy atom. The van der Waals surface area contributed by atoms with Crippen molar-refractivity contribution in [1.29, 1.82) is 0 Å². The molecule has 29 heavy (non-hydrogen) atoms. The molecule has 1 aliphatic rings. The molecule has 3 aromatic rings. The number of nitrogens with one attached hydrogen (secondary N) is 2. The van der Waals surface area contributed by atoms with Gasteiger partial charge in [-0.15, -0.1) is 5.12 Å². The maximum absolute atomic E-state index is 6.17. The van der Waals surface area contributed by atoms with Gasteiger partial charge in [-0.05, 0) is 23.6 Å². The standard InChI is InChI=1S/C23H25N5O/c1-2-9-21(28-25-17-24-27-28)16-29-23-15-20(18-10-5-3-6-11-18)14-22(26-23)19-12-7-4-8-13-19/h3-8,10-15,17,21,27H,2,9,16H2,1H3,(H,24,25). The van der Waals surface area contributed by atoms with E-state index in [0.717, 1.165) is 35.2 Å². The molecule has 0 aliphatic carbocycles. The van der Waals surface area contributed by atoms with Gasteiger partial charge in [0.2, 0.25) is 5.88 Å².